The van der Waals surface area contributed by atoms with E-state index in [1.807, 2.05) is 12.1 Å². The molecule has 1 N–H and O–H groups in total. The van der Waals surface area contributed by atoms with Crippen LogP contribution in [0, 0.1) is 5.92 Å². The minimum absolute atomic E-state index is 0.0260. The number of nitrogens with one attached hydrogen (secondary N) is 1. The normalized spacial score (nSPS) is 12.4. The Balaban J connectivity index is 1.56. The van der Waals surface area contributed by atoms with Crippen molar-refractivity contribution in [2.24, 2.45) is 5.92 Å². The summed E-state index contributed by atoms with van der Waals surface area (Å²) in [5, 5.41) is 3.83. The number of ether oxygens (including phenoxy) is 2. The molecule has 0 bridgehead atoms. The largest absolute Gasteiger partial charge is 0.454 e. The summed E-state index contributed by atoms with van der Waals surface area (Å²) in [7, 11) is 0. The van der Waals surface area contributed by atoms with Gasteiger partial charge in [-0.15, -0.1) is 0 Å². The van der Waals surface area contributed by atoms with Crippen LogP contribution in [0.1, 0.15) is 37.6 Å². The highest BCUT2D eigenvalue weighted by Crippen LogP contribution is 2.37. The topological polar surface area (TPSA) is 99.5 Å². The highest BCUT2D eigenvalue weighted by molar-refractivity contribution is 7.99. The van der Waals surface area contributed by atoms with Gasteiger partial charge >= 0.3 is 0 Å². The number of hydrogen-bond acceptors (Lipinski definition) is 7. The Morgan fingerprint density at radius 2 is 1.91 bits per heavy atom. The van der Waals surface area contributed by atoms with Gasteiger partial charge in [0, 0.05) is 18.2 Å². The molecule has 0 radical (unpaired) electrons. The first-order valence-electron chi connectivity index (χ1n) is 10.7. The number of Topliss-reactive ketones (excluding diaryl/α,β-unsaturated/α-hetero) is 1. The Hall–Kier alpha value is -3.33. The zero-order valence-electron chi connectivity index (χ0n) is 18.7. The van der Waals surface area contributed by atoms with Crippen LogP contribution in [0.4, 0.5) is 5.69 Å². The summed E-state index contributed by atoms with van der Waals surface area (Å²) in [6, 6.07) is 10.4. The first kappa shape index (κ1) is 22.8. The number of amides is 1. The van der Waals surface area contributed by atoms with E-state index in [9.17, 15) is 14.4 Å². The summed E-state index contributed by atoms with van der Waals surface area (Å²) in [6.07, 6.45) is 0.818. The summed E-state index contributed by atoms with van der Waals surface area (Å²) >= 11 is 1.19. The molecule has 1 aromatic heterocycles. The van der Waals surface area contributed by atoms with E-state index in [-0.39, 0.29) is 29.8 Å². The van der Waals surface area contributed by atoms with Crippen molar-refractivity contribution in [3.05, 3.63) is 52.3 Å². The van der Waals surface area contributed by atoms with Crippen molar-refractivity contribution in [2.75, 3.05) is 17.9 Å². The maximum Gasteiger partial charge on any atom is 0.262 e. The van der Waals surface area contributed by atoms with Gasteiger partial charge in [-0.2, -0.15) is 0 Å². The molecule has 2 aromatic carbocycles. The number of benzene rings is 2. The van der Waals surface area contributed by atoms with E-state index in [0.717, 1.165) is 6.42 Å². The molecule has 1 amide bonds. The number of fused-ring (bicyclic) bond motifs is 2. The molecular formula is C24H25N3O5S. The third-order valence-corrected chi connectivity index (χ3v) is 6.23. The van der Waals surface area contributed by atoms with Crippen LogP contribution in [0.2, 0.25) is 0 Å². The number of para-hydroxylation sites is 1. The number of hydrogen-bond donors (Lipinski definition) is 1. The monoisotopic (exact) mass is 467 g/mol. The molecule has 0 saturated carbocycles. The molecule has 4 rings (SSSR count). The molecular weight excluding hydrogens is 442 g/mol. The van der Waals surface area contributed by atoms with Gasteiger partial charge in [0.05, 0.1) is 22.3 Å². The Labute approximate surface area is 195 Å². The summed E-state index contributed by atoms with van der Waals surface area (Å²) in [4.78, 5) is 42.5. The number of carbonyl (C=O) groups excluding carboxylic acids is 2. The van der Waals surface area contributed by atoms with Crippen molar-refractivity contribution in [3.8, 4) is 11.5 Å². The minimum Gasteiger partial charge on any atom is -0.454 e. The van der Waals surface area contributed by atoms with E-state index >= 15 is 0 Å². The molecule has 33 heavy (non-hydrogen) atoms. The Kier molecular flexibility index (Phi) is 6.69. The third-order valence-electron chi connectivity index (χ3n) is 5.26. The molecule has 0 atom stereocenters. The van der Waals surface area contributed by atoms with Gasteiger partial charge in [-0.3, -0.25) is 19.0 Å². The van der Waals surface area contributed by atoms with Gasteiger partial charge in [0.25, 0.3) is 5.56 Å². The smallest absolute Gasteiger partial charge is 0.262 e. The van der Waals surface area contributed by atoms with Gasteiger partial charge in [0.15, 0.2) is 22.4 Å². The van der Waals surface area contributed by atoms with Crippen LogP contribution in [-0.4, -0.2) is 33.8 Å². The highest BCUT2D eigenvalue weighted by atomic mass is 32.2. The average Bonchev–Trinajstić information content (AvgIpc) is 3.24. The van der Waals surface area contributed by atoms with Gasteiger partial charge in [-0.1, -0.05) is 37.7 Å². The van der Waals surface area contributed by atoms with Crippen LogP contribution in [0.3, 0.4) is 0 Å². The Morgan fingerprint density at radius 1 is 1.18 bits per heavy atom. The standard InChI is InChI=1S/C24H25N3O5S/c1-14(2)8-9-27-23(30)16-6-4-5-7-18(16)26-24(27)33-12-22(29)25-19-11-21-20(31-13-32-21)10-17(19)15(3)28/h4-7,10-11,14H,8-9,12-13H2,1-3H3,(H,25,29). The summed E-state index contributed by atoms with van der Waals surface area (Å²) < 4.78 is 12.3. The SMILES string of the molecule is CC(=O)c1cc2c(cc1NC(=O)CSc1nc3ccccc3c(=O)n1CCC(C)C)OCO2. The molecule has 0 unspecified atom stereocenters. The van der Waals surface area contributed by atoms with Crippen LogP contribution < -0.4 is 20.3 Å². The summed E-state index contributed by atoms with van der Waals surface area (Å²) in [6.45, 7) is 6.21. The fraction of sp³-hybridized carbons (Fsp3) is 0.333. The Bertz CT molecular complexity index is 1290. The molecule has 0 fully saturated rings. The van der Waals surface area contributed by atoms with Gasteiger partial charge in [-0.05, 0) is 37.5 Å². The lowest BCUT2D eigenvalue weighted by Gasteiger charge is -2.14. The van der Waals surface area contributed by atoms with Crippen LogP contribution in [0.25, 0.3) is 10.9 Å². The number of nitrogens with zero attached hydrogens (tertiary/aromatic N) is 2. The van der Waals surface area contributed by atoms with Crippen molar-refractivity contribution >= 4 is 40.0 Å². The predicted molar refractivity (Wildman–Crippen MR) is 127 cm³/mol. The van der Waals surface area contributed by atoms with Crippen LogP contribution in [-0.2, 0) is 11.3 Å². The van der Waals surface area contributed by atoms with E-state index < -0.39 is 0 Å². The molecule has 0 spiro atoms. The lowest BCUT2D eigenvalue weighted by Crippen LogP contribution is -2.25. The fourth-order valence-electron chi connectivity index (χ4n) is 3.50. The average molecular weight is 468 g/mol. The number of thioether (sulfide) groups is 1. The van der Waals surface area contributed by atoms with Crippen molar-refractivity contribution < 1.29 is 19.1 Å². The zero-order chi connectivity index (χ0) is 23.5. The van der Waals surface area contributed by atoms with Crippen molar-refractivity contribution in [1.82, 2.24) is 9.55 Å². The molecule has 0 aliphatic carbocycles. The van der Waals surface area contributed by atoms with Crippen molar-refractivity contribution in [2.45, 2.75) is 38.9 Å². The molecule has 1 aliphatic heterocycles. The summed E-state index contributed by atoms with van der Waals surface area (Å²) in [5.41, 5.74) is 1.19. The number of carbonyl (C=O) groups is 2. The van der Waals surface area contributed by atoms with E-state index in [1.54, 1.807) is 28.8 Å². The van der Waals surface area contributed by atoms with Crippen LogP contribution in [0.5, 0.6) is 11.5 Å². The van der Waals surface area contributed by atoms with Gasteiger partial charge in [0.1, 0.15) is 0 Å². The molecule has 2 heterocycles. The lowest BCUT2D eigenvalue weighted by molar-refractivity contribution is -0.113. The van der Waals surface area contributed by atoms with Crippen molar-refractivity contribution in [3.63, 3.8) is 0 Å². The molecule has 3 aromatic rings. The first-order chi connectivity index (χ1) is 15.8. The summed E-state index contributed by atoms with van der Waals surface area (Å²) in [5.74, 6) is 0.872. The number of rotatable bonds is 8. The fourth-order valence-corrected chi connectivity index (χ4v) is 4.32. The molecule has 0 saturated heterocycles. The minimum atomic E-state index is -0.320. The third kappa shape index (κ3) is 5.03. The number of ketones is 1. The molecule has 172 valence electrons. The quantitative estimate of drug-likeness (QED) is 0.302. The van der Waals surface area contributed by atoms with Crippen LogP contribution in [0.15, 0.2) is 46.3 Å². The highest BCUT2D eigenvalue weighted by Gasteiger charge is 2.21. The maximum absolute atomic E-state index is 13.1. The van der Waals surface area contributed by atoms with E-state index in [4.69, 9.17) is 9.47 Å². The number of aromatic nitrogens is 2. The molecule has 9 heteroatoms. The second-order valence-corrected chi connectivity index (χ2v) is 9.14. The maximum atomic E-state index is 13.1. The van der Waals surface area contributed by atoms with E-state index in [1.165, 1.54) is 18.7 Å². The molecule has 8 nitrogen and oxygen atoms in total. The second kappa shape index (κ2) is 9.66. The van der Waals surface area contributed by atoms with E-state index in [2.05, 4.69) is 24.1 Å². The number of anilines is 1. The van der Waals surface area contributed by atoms with Gasteiger partial charge < -0.3 is 14.8 Å². The van der Waals surface area contributed by atoms with Gasteiger partial charge in [-0.25, -0.2) is 4.98 Å². The lowest BCUT2D eigenvalue weighted by atomic mass is 10.1. The van der Waals surface area contributed by atoms with E-state index in [0.29, 0.717) is 51.3 Å². The van der Waals surface area contributed by atoms with Crippen molar-refractivity contribution in [1.29, 1.82) is 0 Å². The molecule has 1 aliphatic rings. The first-order valence-corrected chi connectivity index (χ1v) is 11.7. The zero-order valence-corrected chi connectivity index (χ0v) is 19.5. The Morgan fingerprint density at radius 3 is 2.64 bits per heavy atom. The van der Waals surface area contributed by atoms with Gasteiger partial charge in [0.2, 0.25) is 12.7 Å². The predicted octanol–water partition coefficient (Wildman–Crippen LogP) is 4.10. The van der Waals surface area contributed by atoms with Crippen LogP contribution >= 0.6 is 11.8 Å². The second-order valence-electron chi connectivity index (χ2n) is 8.19.